The predicted molar refractivity (Wildman–Crippen MR) is 47.7 cm³/mol. The van der Waals surface area contributed by atoms with Crippen LogP contribution in [0.1, 0.15) is 52.9 Å². The molecule has 0 aromatic rings. The molecular formula is C10H20O. The zero-order chi connectivity index (χ0) is 8.32. The van der Waals surface area contributed by atoms with Gasteiger partial charge in [0.25, 0.3) is 0 Å². The highest BCUT2D eigenvalue weighted by molar-refractivity contribution is 4.98. The summed E-state index contributed by atoms with van der Waals surface area (Å²) in [5.74, 6) is 0. The van der Waals surface area contributed by atoms with Crippen LogP contribution in [0.5, 0.6) is 0 Å². The van der Waals surface area contributed by atoms with E-state index in [0.29, 0.717) is 11.7 Å². The molecular weight excluding hydrogens is 136 g/mol. The van der Waals surface area contributed by atoms with Crippen LogP contribution in [0.2, 0.25) is 0 Å². The van der Waals surface area contributed by atoms with E-state index < -0.39 is 0 Å². The number of ether oxygens (including phenoxy) is 1. The van der Waals surface area contributed by atoms with E-state index in [9.17, 15) is 0 Å². The second-order valence-corrected chi connectivity index (χ2v) is 3.64. The normalized spacial score (nSPS) is 35.7. The van der Waals surface area contributed by atoms with E-state index in [-0.39, 0.29) is 0 Å². The largest absolute Gasteiger partial charge is 0.366 e. The van der Waals surface area contributed by atoms with E-state index in [1.807, 2.05) is 0 Å². The minimum absolute atomic E-state index is 0.301. The molecule has 1 fully saturated rings. The third-order valence-corrected chi connectivity index (χ3v) is 2.90. The first-order valence-electron chi connectivity index (χ1n) is 4.93. The number of hydrogen-bond acceptors (Lipinski definition) is 1. The van der Waals surface area contributed by atoms with Crippen LogP contribution in [0.3, 0.4) is 0 Å². The Bertz CT molecular complexity index is 118. The minimum Gasteiger partial charge on any atom is -0.366 e. The molecule has 0 radical (unpaired) electrons. The average molecular weight is 156 g/mol. The van der Waals surface area contributed by atoms with Crippen LogP contribution in [0.4, 0.5) is 0 Å². The van der Waals surface area contributed by atoms with Crippen LogP contribution in [0.15, 0.2) is 0 Å². The lowest BCUT2D eigenvalue weighted by atomic mass is 9.96. The maximum atomic E-state index is 5.60. The average Bonchev–Trinajstić information content (AvgIpc) is 2.64. The Morgan fingerprint density at radius 3 is 2.27 bits per heavy atom. The van der Waals surface area contributed by atoms with Gasteiger partial charge >= 0.3 is 0 Å². The van der Waals surface area contributed by atoms with Gasteiger partial charge in [-0.05, 0) is 19.8 Å². The fourth-order valence-electron chi connectivity index (χ4n) is 1.80. The van der Waals surface area contributed by atoms with Gasteiger partial charge in [-0.2, -0.15) is 0 Å². The molecule has 11 heavy (non-hydrogen) atoms. The molecule has 1 rings (SSSR count). The molecule has 0 bridgehead atoms. The van der Waals surface area contributed by atoms with Crippen LogP contribution in [0, 0.1) is 0 Å². The SMILES string of the molecule is CCCCCC1(CC)OC1C. The lowest BCUT2D eigenvalue weighted by molar-refractivity contribution is 0.269. The Morgan fingerprint density at radius 2 is 1.91 bits per heavy atom. The molecule has 66 valence electrons. The summed E-state index contributed by atoms with van der Waals surface area (Å²) in [4.78, 5) is 0. The van der Waals surface area contributed by atoms with Gasteiger partial charge in [0.1, 0.15) is 0 Å². The van der Waals surface area contributed by atoms with Crippen LogP contribution in [0.25, 0.3) is 0 Å². The van der Waals surface area contributed by atoms with Crippen molar-refractivity contribution in [3.63, 3.8) is 0 Å². The van der Waals surface area contributed by atoms with Gasteiger partial charge in [0.15, 0.2) is 0 Å². The standard InChI is InChI=1S/C10H20O/c1-4-6-7-8-10(5-2)9(3)11-10/h9H,4-8H2,1-3H3. The lowest BCUT2D eigenvalue weighted by Crippen LogP contribution is -2.11. The van der Waals surface area contributed by atoms with E-state index in [0.717, 1.165) is 0 Å². The molecule has 0 spiro atoms. The maximum absolute atomic E-state index is 5.60. The molecule has 2 unspecified atom stereocenters. The molecule has 1 nitrogen and oxygen atoms in total. The maximum Gasteiger partial charge on any atom is 0.0942 e. The third-order valence-electron chi connectivity index (χ3n) is 2.90. The monoisotopic (exact) mass is 156 g/mol. The van der Waals surface area contributed by atoms with Crippen molar-refractivity contribution in [2.75, 3.05) is 0 Å². The zero-order valence-electron chi connectivity index (χ0n) is 8.02. The highest BCUT2D eigenvalue weighted by Crippen LogP contribution is 2.43. The third kappa shape index (κ3) is 1.96. The summed E-state index contributed by atoms with van der Waals surface area (Å²) in [6.45, 7) is 6.67. The Morgan fingerprint density at radius 1 is 1.27 bits per heavy atom. The molecule has 1 saturated heterocycles. The molecule has 1 heterocycles. The van der Waals surface area contributed by atoms with Gasteiger partial charge in [-0.25, -0.2) is 0 Å². The van der Waals surface area contributed by atoms with Gasteiger partial charge in [0.05, 0.1) is 11.7 Å². The van der Waals surface area contributed by atoms with Crippen molar-refractivity contribution in [2.24, 2.45) is 0 Å². The van der Waals surface area contributed by atoms with E-state index in [1.54, 1.807) is 0 Å². The Kier molecular flexibility index (Phi) is 2.94. The van der Waals surface area contributed by atoms with Gasteiger partial charge in [-0.1, -0.05) is 33.1 Å². The summed E-state index contributed by atoms with van der Waals surface area (Å²) < 4.78 is 5.60. The summed E-state index contributed by atoms with van der Waals surface area (Å²) >= 11 is 0. The van der Waals surface area contributed by atoms with Gasteiger partial charge < -0.3 is 4.74 Å². The summed E-state index contributed by atoms with van der Waals surface area (Å²) in [6, 6.07) is 0. The molecule has 0 amide bonds. The molecule has 0 aromatic heterocycles. The van der Waals surface area contributed by atoms with Gasteiger partial charge in [-0.15, -0.1) is 0 Å². The summed E-state index contributed by atoms with van der Waals surface area (Å²) in [6.07, 6.45) is 7.02. The van der Waals surface area contributed by atoms with E-state index in [1.165, 1.54) is 32.1 Å². The highest BCUT2D eigenvalue weighted by atomic mass is 16.6. The lowest BCUT2D eigenvalue weighted by Gasteiger charge is -2.07. The van der Waals surface area contributed by atoms with Crippen molar-refractivity contribution < 1.29 is 4.74 Å². The zero-order valence-corrected chi connectivity index (χ0v) is 8.02. The summed E-state index contributed by atoms with van der Waals surface area (Å²) in [7, 11) is 0. The number of unbranched alkanes of at least 4 members (excludes halogenated alkanes) is 2. The molecule has 0 saturated carbocycles. The van der Waals surface area contributed by atoms with Gasteiger partial charge in [0.2, 0.25) is 0 Å². The van der Waals surface area contributed by atoms with E-state index >= 15 is 0 Å². The molecule has 1 aliphatic rings. The smallest absolute Gasteiger partial charge is 0.0942 e. The first-order chi connectivity index (χ1) is 5.25. The first kappa shape index (κ1) is 9.05. The van der Waals surface area contributed by atoms with Crippen LogP contribution >= 0.6 is 0 Å². The summed E-state index contributed by atoms with van der Waals surface area (Å²) in [5, 5.41) is 0. The van der Waals surface area contributed by atoms with Gasteiger partial charge in [0, 0.05) is 0 Å². The Balaban J connectivity index is 2.14. The topological polar surface area (TPSA) is 12.5 Å². The number of epoxide rings is 1. The fraction of sp³-hybridized carbons (Fsp3) is 1.00. The predicted octanol–water partition coefficient (Wildman–Crippen LogP) is 3.13. The molecule has 1 heteroatoms. The number of hydrogen-bond donors (Lipinski definition) is 0. The molecule has 1 aliphatic heterocycles. The van der Waals surface area contributed by atoms with Crippen molar-refractivity contribution in [1.82, 2.24) is 0 Å². The molecule has 0 aliphatic carbocycles. The van der Waals surface area contributed by atoms with E-state index in [4.69, 9.17) is 4.74 Å². The molecule has 0 aromatic carbocycles. The van der Waals surface area contributed by atoms with Crippen LogP contribution in [-0.4, -0.2) is 11.7 Å². The van der Waals surface area contributed by atoms with Crippen LogP contribution in [-0.2, 0) is 4.74 Å². The number of rotatable bonds is 5. The minimum atomic E-state index is 0.301. The van der Waals surface area contributed by atoms with Crippen molar-refractivity contribution >= 4 is 0 Å². The van der Waals surface area contributed by atoms with Crippen molar-refractivity contribution in [1.29, 1.82) is 0 Å². The van der Waals surface area contributed by atoms with Crippen molar-refractivity contribution in [3.05, 3.63) is 0 Å². The van der Waals surface area contributed by atoms with Crippen molar-refractivity contribution in [2.45, 2.75) is 64.6 Å². The summed E-state index contributed by atoms with van der Waals surface area (Å²) in [5.41, 5.74) is 0.301. The van der Waals surface area contributed by atoms with Gasteiger partial charge in [-0.3, -0.25) is 0 Å². The fourth-order valence-corrected chi connectivity index (χ4v) is 1.80. The second kappa shape index (κ2) is 3.57. The Hall–Kier alpha value is -0.0400. The quantitative estimate of drug-likeness (QED) is 0.440. The molecule has 2 atom stereocenters. The Labute approximate surface area is 70.1 Å². The van der Waals surface area contributed by atoms with Crippen molar-refractivity contribution in [3.8, 4) is 0 Å². The second-order valence-electron chi connectivity index (χ2n) is 3.64. The highest BCUT2D eigenvalue weighted by Gasteiger charge is 2.50. The molecule has 0 N–H and O–H groups in total. The van der Waals surface area contributed by atoms with E-state index in [2.05, 4.69) is 20.8 Å². The van der Waals surface area contributed by atoms with Crippen LogP contribution < -0.4 is 0 Å². The first-order valence-corrected chi connectivity index (χ1v) is 4.93.